The molecule has 0 radical (unpaired) electrons. The van der Waals surface area contributed by atoms with Crippen molar-refractivity contribution in [3.8, 4) is 0 Å². The molecular formula is C18H22N2O3S. The highest BCUT2D eigenvalue weighted by atomic mass is 32.2. The molecule has 0 aliphatic carbocycles. The molecule has 5 nitrogen and oxygen atoms in total. The lowest BCUT2D eigenvalue weighted by Gasteiger charge is -2.28. The summed E-state index contributed by atoms with van der Waals surface area (Å²) in [7, 11) is -3.57. The van der Waals surface area contributed by atoms with Crippen LogP contribution in [-0.4, -0.2) is 34.7 Å². The second kappa shape index (κ2) is 6.83. The van der Waals surface area contributed by atoms with Gasteiger partial charge in [-0.2, -0.15) is 0 Å². The zero-order valence-electron chi connectivity index (χ0n) is 14.0. The van der Waals surface area contributed by atoms with Gasteiger partial charge >= 0.3 is 0 Å². The Morgan fingerprint density at radius 2 is 1.62 bits per heavy atom. The molecule has 1 saturated heterocycles. The van der Waals surface area contributed by atoms with Crippen LogP contribution in [0, 0.1) is 13.8 Å². The number of aryl methyl sites for hydroxylation is 2. The highest BCUT2D eigenvalue weighted by Gasteiger charge is 2.16. The Balaban J connectivity index is 1.76. The molecule has 0 amide bonds. The van der Waals surface area contributed by atoms with E-state index < -0.39 is 10.0 Å². The average Bonchev–Trinajstić information content (AvgIpc) is 2.58. The van der Waals surface area contributed by atoms with Gasteiger partial charge in [-0.05, 0) is 61.4 Å². The summed E-state index contributed by atoms with van der Waals surface area (Å²) in [5, 5.41) is 0. The van der Waals surface area contributed by atoms with Crippen molar-refractivity contribution < 1.29 is 13.2 Å². The largest absolute Gasteiger partial charge is 0.378 e. The minimum atomic E-state index is -3.57. The van der Waals surface area contributed by atoms with Gasteiger partial charge in [0.2, 0.25) is 0 Å². The van der Waals surface area contributed by atoms with E-state index in [1.807, 2.05) is 32.0 Å². The first-order valence-electron chi connectivity index (χ1n) is 7.98. The normalized spacial score (nSPS) is 15.3. The molecule has 0 unspecified atom stereocenters. The lowest BCUT2D eigenvalue weighted by Crippen LogP contribution is -2.36. The fraction of sp³-hybridized carbons (Fsp3) is 0.333. The summed E-state index contributed by atoms with van der Waals surface area (Å²) >= 11 is 0. The van der Waals surface area contributed by atoms with E-state index in [2.05, 4.69) is 9.62 Å². The summed E-state index contributed by atoms with van der Waals surface area (Å²) in [5.74, 6) is 0. The Hall–Kier alpha value is -2.05. The molecule has 1 heterocycles. The van der Waals surface area contributed by atoms with Crippen LogP contribution in [0.3, 0.4) is 0 Å². The van der Waals surface area contributed by atoms with Crippen LogP contribution in [0.25, 0.3) is 0 Å². The van der Waals surface area contributed by atoms with Crippen LogP contribution in [0.2, 0.25) is 0 Å². The minimum Gasteiger partial charge on any atom is -0.378 e. The molecule has 0 atom stereocenters. The Labute approximate surface area is 143 Å². The molecule has 2 aromatic rings. The van der Waals surface area contributed by atoms with E-state index in [4.69, 9.17) is 4.74 Å². The van der Waals surface area contributed by atoms with E-state index in [1.165, 1.54) is 0 Å². The summed E-state index contributed by atoms with van der Waals surface area (Å²) < 4.78 is 33.0. The lowest BCUT2D eigenvalue weighted by atomic mass is 10.1. The standard InChI is InChI=1S/C18H22N2O3S/c1-14-3-8-18(13-15(14)2)24(21,22)19-16-4-6-17(7-5-16)20-9-11-23-12-10-20/h3-8,13,19H,9-12H2,1-2H3. The van der Waals surface area contributed by atoms with Gasteiger partial charge in [-0.1, -0.05) is 6.07 Å². The summed E-state index contributed by atoms with van der Waals surface area (Å²) in [6, 6.07) is 12.6. The second-order valence-electron chi connectivity index (χ2n) is 6.00. The minimum absolute atomic E-state index is 0.280. The zero-order valence-corrected chi connectivity index (χ0v) is 14.8. The maximum absolute atomic E-state index is 12.5. The van der Waals surface area contributed by atoms with Crippen molar-refractivity contribution in [2.24, 2.45) is 0 Å². The molecule has 128 valence electrons. The molecule has 24 heavy (non-hydrogen) atoms. The van der Waals surface area contributed by atoms with Gasteiger partial charge in [0.25, 0.3) is 10.0 Å². The van der Waals surface area contributed by atoms with Crippen molar-refractivity contribution in [3.63, 3.8) is 0 Å². The zero-order chi connectivity index (χ0) is 17.2. The smallest absolute Gasteiger partial charge is 0.261 e. The fourth-order valence-electron chi connectivity index (χ4n) is 2.66. The van der Waals surface area contributed by atoms with Crippen LogP contribution >= 0.6 is 0 Å². The van der Waals surface area contributed by atoms with E-state index in [9.17, 15) is 8.42 Å². The number of rotatable bonds is 4. The summed E-state index contributed by atoms with van der Waals surface area (Å²) in [6.45, 7) is 7.03. The Bertz CT molecular complexity index is 811. The highest BCUT2D eigenvalue weighted by molar-refractivity contribution is 7.92. The van der Waals surface area contributed by atoms with Gasteiger partial charge in [-0.25, -0.2) is 8.42 Å². The van der Waals surface area contributed by atoms with Crippen molar-refractivity contribution in [2.75, 3.05) is 35.9 Å². The average molecular weight is 346 g/mol. The first-order valence-corrected chi connectivity index (χ1v) is 9.47. The van der Waals surface area contributed by atoms with Crippen LogP contribution in [0.1, 0.15) is 11.1 Å². The van der Waals surface area contributed by atoms with Crippen molar-refractivity contribution in [3.05, 3.63) is 53.6 Å². The van der Waals surface area contributed by atoms with Crippen molar-refractivity contribution >= 4 is 21.4 Å². The van der Waals surface area contributed by atoms with Gasteiger partial charge in [0, 0.05) is 24.5 Å². The SMILES string of the molecule is Cc1ccc(S(=O)(=O)Nc2ccc(N3CCOCC3)cc2)cc1C. The molecule has 1 N–H and O–H groups in total. The molecule has 1 aliphatic heterocycles. The van der Waals surface area contributed by atoms with Crippen LogP contribution in [-0.2, 0) is 14.8 Å². The highest BCUT2D eigenvalue weighted by Crippen LogP contribution is 2.22. The third-order valence-corrected chi connectivity index (χ3v) is 5.66. The number of hydrogen-bond donors (Lipinski definition) is 1. The van der Waals surface area contributed by atoms with Gasteiger partial charge in [-0.15, -0.1) is 0 Å². The topological polar surface area (TPSA) is 58.6 Å². The molecule has 3 rings (SSSR count). The predicted octanol–water partition coefficient (Wildman–Crippen LogP) is 2.94. The summed E-state index contributed by atoms with van der Waals surface area (Å²) in [6.07, 6.45) is 0. The third kappa shape index (κ3) is 3.71. The van der Waals surface area contributed by atoms with Gasteiger partial charge in [0.05, 0.1) is 18.1 Å². The van der Waals surface area contributed by atoms with Crippen LogP contribution in [0.5, 0.6) is 0 Å². The Morgan fingerprint density at radius 1 is 0.958 bits per heavy atom. The van der Waals surface area contributed by atoms with Gasteiger partial charge in [-0.3, -0.25) is 4.72 Å². The number of hydrogen-bond acceptors (Lipinski definition) is 4. The Kier molecular flexibility index (Phi) is 4.78. The molecule has 0 spiro atoms. The number of ether oxygens (including phenoxy) is 1. The Morgan fingerprint density at radius 3 is 2.25 bits per heavy atom. The fourth-order valence-corrected chi connectivity index (χ4v) is 3.80. The van der Waals surface area contributed by atoms with E-state index in [-0.39, 0.29) is 4.90 Å². The number of anilines is 2. The molecule has 6 heteroatoms. The number of nitrogens with zero attached hydrogens (tertiary/aromatic N) is 1. The van der Waals surface area contributed by atoms with Crippen molar-refractivity contribution in [1.82, 2.24) is 0 Å². The maximum Gasteiger partial charge on any atom is 0.261 e. The van der Waals surface area contributed by atoms with Crippen LogP contribution in [0.4, 0.5) is 11.4 Å². The first kappa shape index (κ1) is 16.8. The maximum atomic E-state index is 12.5. The third-order valence-electron chi connectivity index (χ3n) is 4.28. The van der Waals surface area contributed by atoms with Crippen LogP contribution in [0.15, 0.2) is 47.4 Å². The van der Waals surface area contributed by atoms with E-state index in [1.54, 1.807) is 24.3 Å². The number of nitrogens with one attached hydrogen (secondary N) is 1. The summed E-state index contributed by atoms with van der Waals surface area (Å²) in [4.78, 5) is 2.51. The molecule has 1 fully saturated rings. The molecule has 1 aliphatic rings. The molecule has 2 aromatic carbocycles. The summed E-state index contributed by atoms with van der Waals surface area (Å²) in [5.41, 5.74) is 3.67. The van der Waals surface area contributed by atoms with Gasteiger partial charge < -0.3 is 9.64 Å². The molecule has 0 aromatic heterocycles. The van der Waals surface area contributed by atoms with Crippen LogP contribution < -0.4 is 9.62 Å². The molecular weight excluding hydrogens is 324 g/mol. The molecule has 0 bridgehead atoms. The predicted molar refractivity (Wildman–Crippen MR) is 96.2 cm³/mol. The molecule has 0 saturated carbocycles. The van der Waals surface area contributed by atoms with E-state index in [0.29, 0.717) is 5.69 Å². The monoisotopic (exact) mass is 346 g/mol. The first-order chi connectivity index (χ1) is 11.5. The number of sulfonamides is 1. The quantitative estimate of drug-likeness (QED) is 0.925. The second-order valence-corrected chi connectivity index (χ2v) is 7.68. The van der Waals surface area contributed by atoms with E-state index >= 15 is 0 Å². The van der Waals surface area contributed by atoms with Crippen molar-refractivity contribution in [1.29, 1.82) is 0 Å². The number of benzene rings is 2. The lowest BCUT2D eigenvalue weighted by molar-refractivity contribution is 0.122. The van der Waals surface area contributed by atoms with E-state index in [0.717, 1.165) is 43.1 Å². The van der Waals surface area contributed by atoms with Gasteiger partial charge in [0.1, 0.15) is 0 Å². The number of morpholine rings is 1. The van der Waals surface area contributed by atoms with Crippen molar-refractivity contribution in [2.45, 2.75) is 18.7 Å². The van der Waals surface area contributed by atoms with Gasteiger partial charge in [0.15, 0.2) is 0 Å².